The van der Waals surface area contributed by atoms with Crippen molar-refractivity contribution in [3.05, 3.63) is 76.2 Å². The Morgan fingerprint density at radius 3 is 2.78 bits per heavy atom. The van der Waals surface area contributed by atoms with Crippen molar-refractivity contribution in [1.82, 2.24) is 19.1 Å². The zero-order valence-electron chi connectivity index (χ0n) is 19.4. The van der Waals surface area contributed by atoms with Gasteiger partial charge in [-0.05, 0) is 50.1 Å². The van der Waals surface area contributed by atoms with E-state index in [0.29, 0.717) is 41.2 Å². The third kappa shape index (κ3) is 4.46. The summed E-state index contributed by atoms with van der Waals surface area (Å²) in [5.74, 6) is 0.505. The third-order valence-corrected chi connectivity index (χ3v) is 9.20. The molecule has 0 unspecified atom stereocenters. The molecule has 0 bridgehead atoms. The number of ether oxygens (including phenoxy) is 1. The van der Waals surface area contributed by atoms with E-state index in [1.54, 1.807) is 16.9 Å². The van der Waals surface area contributed by atoms with Crippen molar-refractivity contribution in [3.63, 3.8) is 0 Å². The van der Waals surface area contributed by atoms with E-state index in [-0.39, 0.29) is 23.1 Å². The molecule has 1 saturated heterocycles. The van der Waals surface area contributed by atoms with Gasteiger partial charge in [0, 0.05) is 46.6 Å². The van der Waals surface area contributed by atoms with Gasteiger partial charge in [-0.15, -0.1) is 0 Å². The molecule has 0 spiro atoms. The van der Waals surface area contributed by atoms with Crippen LogP contribution in [0.2, 0.25) is 10.0 Å². The van der Waals surface area contributed by atoms with E-state index in [4.69, 9.17) is 27.9 Å². The lowest BCUT2D eigenvalue weighted by atomic mass is 10.1. The van der Waals surface area contributed by atoms with Crippen molar-refractivity contribution in [1.29, 1.82) is 0 Å². The van der Waals surface area contributed by atoms with Crippen molar-refractivity contribution in [2.45, 2.75) is 37.3 Å². The molecule has 1 N–H and O–H groups in total. The fourth-order valence-corrected chi connectivity index (χ4v) is 7.09. The maximum Gasteiger partial charge on any atom is 0.244 e. The number of sulfonamides is 1. The van der Waals surface area contributed by atoms with E-state index < -0.39 is 16.1 Å². The maximum atomic E-state index is 13.4. The van der Waals surface area contributed by atoms with E-state index in [0.717, 1.165) is 16.8 Å². The molecule has 4 aromatic rings. The van der Waals surface area contributed by atoms with E-state index in [2.05, 4.69) is 10.1 Å². The van der Waals surface area contributed by atoms with Crippen LogP contribution in [0, 0.1) is 6.92 Å². The van der Waals surface area contributed by atoms with Crippen LogP contribution >= 0.6 is 23.2 Å². The molecule has 2 aromatic heterocycles. The molecule has 1 aliphatic heterocycles. The quantitative estimate of drug-likeness (QED) is 0.359. The number of aryl methyl sites for hydroxylation is 1. The Balaban J connectivity index is 1.50. The Labute approximate surface area is 219 Å². The van der Waals surface area contributed by atoms with Crippen LogP contribution in [0.5, 0.6) is 5.75 Å². The maximum absolute atomic E-state index is 13.4. The molecule has 188 valence electrons. The standard InChI is InChI=1S/C25H24Cl2N4O4S/c1-16-13-21(30-11-4-10-28-30)18-6-2-7-22(25(18)29-16)35-15-19-20(26)8-9-23(24(19)27)36(33,34)31-12-3-5-17(31)14-32/h2,4,6-11,13,17,32H,3,5,12,14-15H2,1H3/t17-/m0/s1. The van der Waals surface area contributed by atoms with E-state index >= 15 is 0 Å². The van der Waals surface area contributed by atoms with Crippen molar-refractivity contribution in [2.24, 2.45) is 0 Å². The summed E-state index contributed by atoms with van der Waals surface area (Å²) >= 11 is 13.0. The Hall–Kier alpha value is -2.69. The highest BCUT2D eigenvalue weighted by Gasteiger charge is 2.36. The van der Waals surface area contributed by atoms with Crippen LogP contribution in [-0.2, 0) is 16.6 Å². The van der Waals surface area contributed by atoms with E-state index in [9.17, 15) is 13.5 Å². The fourth-order valence-electron chi connectivity index (χ4n) is 4.54. The molecular formula is C25H24Cl2N4O4S. The molecule has 0 radical (unpaired) electrons. The highest BCUT2D eigenvalue weighted by Crippen LogP contribution is 2.36. The first-order valence-electron chi connectivity index (χ1n) is 11.4. The lowest BCUT2D eigenvalue weighted by Gasteiger charge is -2.23. The minimum absolute atomic E-state index is 0.00713. The summed E-state index contributed by atoms with van der Waals surface area (Å²) in [4.78, 5) is 4.62. The van der Waals surface area contributed by atoms with Gasteiger partial charge >= 0.3 is 0 Å². The predicted molar refractivity (Wildman–Crippen MR) is 138 cm³/mol. The summed E-state index contributed by atoms with van der Waals surface area (Å²) in [5.41, 5.74) is 2.65. The van der Waals surface area contributed by atoms with Gasteiger partial charge in [0.15, 0.2) is 0 Å². The normalized spacial score (nSPS) is 16.6. The Bertz CT molecular complexity index is 1530. The minimum Gasteiger partial charge on any atom is -0.487 e. The topological polar surface area (TPSA) is 97.6 Å². The van der Waals surface area contributed by atoms with Crippen molar-refractivity contribution in [2.75, 3.05) is 13.2 Å². The highest BCUT2D eigenvalue weighted by atomic mass is 35.5. The van der Waals surface area contributed by atoms with Gasteiger partial charge in [0.05, 0.1) is 17.3 Å². The summed E-state index contributed by atoms with van der Waals surface area (Å²) in [6.07, 6.45) is 4.84. The van der Waals surface area contributed by atoms with Gasteiger partial charge in [-0.25, -0.2) is 18.1 Å². The number of fused-ring (bicyclic) bond motifs is 1. The monoisotopic (exact) mass is 546 g/mol. The molecule has 0 aliphatic carbocycles. The number of rotatable bonds is 7. The van der Waals surface area contributed by atoms with Gasteiger partial charge in [-0.2, -0.15) is 9.40 Å². The summed E-state index contributed by atoms with van der Waals surface area (Å²) in [5, 5.41) is 15.1. The fraction of sp³-hybridized carbons (Fsp3) is 0.280. The average Bonchev–Trinajstić information content (AvgIpc) is 3.56. The summed E-state index contributed by atoms with van der Waals surface area (Å²) in [6.45, 7) is 1.92. The third-order valence-electron chi connectivity index (χ3n) is 6.30. The number of hydrogen-bond acceptors (Lipinski definition) is 6. The van der Waals surface area contributed by atoms with Crippen molar-refractivity contribution >= 4 is 44.1 Å². The summed E-state index contributed by atoms with van der Waals surface area (Å²) in [7, 11) is -3.92. The Morgan fingerprint density at radius 2 is 2.03 bits per heavy atom. The molecule has 8 nitrogen and oxygen atoms in total. The van der Waals surface area contributed by atoms with Crippen LogP contribution in [0.15, 0.2) is 59.8 Å². The van der Waals surface area contributed by atoms with E-state index in [1.807, 2.05) is 37.4 Å². The van der Waals surface area contributed by atoms with Gasteiger partial charge in [-0.1, -0.05) is 35.3 Å². The number of aliphatic hydroxyl groups excluding tert-OH is 1. The van der Waals surface area contributed by atoms with Crippen molar-refractivity contribution in [3.8, 4) is 11.4 Å². The van der Waals surface area contributed by atoms with Crippen LogP contribution < -0.4 is 4.74 Å². The first-order chi connectivity index (χ1) is 17.3. The second-order valence-electron chi connectivity index (χ2n) is 8.61. The minimum atomic E-state index is -3.92. The molecular weight excluding hydrogens is 523 g/mol. The van der Waals surface area contributed by atoms with Gasteiger partial charge in [-0.3, -0.25) is 0 Å². The number of benzene rings is 2. The largest absolute Gasteiger partial charge is 0.487 e. The smallest absolute Gasteiger partial charge is 0.244 e. The van der Waals surface area contributed by atoms with Crippen LogP contribution in [0.3, 0.4) is 0 Å². The molecule has 5 rings (SSSR count). The second kappa shape index (κ2) is 9.99. The molecule has 1 atom stereocenters. The number of aromatic nitrogens is 3. The highest BCUT2D eigenvalue weighted by molar-refractivity contribution is 7.89. The molecule has 1 aliphatic rings. The molecule has 1 fully saturated rings. The molecule has 2 aromatic carbocycles. The lowest BCUT2D eigenvalue weighted by Crippen LogP contribution is -2.37. The molecule has 11 heteroatoms. The van der Waals surface area contributed by atoms with Crippen LogP contribution in [-0.4, -0.2) is 51.8 Å². The molecule has 0 amide bonds. The summed E-state index contributed by atoms with van der Waals surface area (Å²) in [6, 6.07) is 11.8. The Kier molecular flexibility index (Phi) is 6.93. The molecule has 3 heterocycles. The Morgan fingerprint density at radius 1 is 1.19 bits per heavy atom. The number of aliphatic hydroxyl groups is 1. The van der Waals surface area contributed by atoms with Gasteiger partial charge < -0.3 is 9.84 Å². The number of para-hydroxylation sites is 1. The van der Waals surface area contributed by atoms with Crippen LogP contribution in [0.4, 0.5) is 0 Å². The molecule has 0 saturated carbocycles. The number of nitrogens with zero attached hydrogens (tertiary/aromatic N) is 4. The SMILES string of the molecule is Cc1cc(-n2cccn2)c2cccc(OCc3c(Cl)ccc(S(=O)(=O)N4CCC[C@H]4CO)c3Cl)c2n1. The van der Waals surface area contributed by atoms with Gasteiger partial charge in [0.1, 0.15) is 22.8 Å². The second-order valence-corrected chi connectivity index (χ2v) is 11.3. The predicted octanol–water partition coefficient (Wildman–Crippen LogP) is 4.76. The van der Waals surface area contributed by atoms with Gasteiger partial charge in [0.25, 0.3) is 0 Å². The van der Waals surface area contributed by atoms with Crippen LogP contribution in [0.1, 0.15) is 24.1 Å². The zero-order valence-corrected chi connectivity index (χ0v) is 21.8. The first kappa shape index (κ1) is 25.0. The average molecular weight is 547 g/mol. The van der Waals surface area contributed by atoms with Crippen molar-refractivity contribution < 1.29 is 18.3 Å². The van der Waals surface area contributed by atoms with Crippen LogP contribution in [0.25, 0.3) is 16.6 Å². The van der Waals surface area contributed by atoms with Gasteiger partial charge in [0.2, 0.25) is 10.0 Å². The van der Waals surface area contributed by atoms with E-state index in [1.165, 1.54) is 16.4 Å². The number of pyridine rings is 1. The zero-order chi connectivity index (χ0) is 25.4. The molecule has 36 heavy (non-hydrogen) atoms. The number of halogens is 2. The summed E-state index contributed by atoms with van der Waals surface area (Å²) < 4.78 is 35.9. The lowest BCUT2D eigenvalue weighted by molar-refractivity contribution is 0.213. The first-order valence-corrected chi connectivity index (χ1v) is 13.6. The number of hydrogen-bond donors (Lipinski definition) is 1.